The highest BCUT2D eigenvalue weighted by Gasteiger charge is 2.12. The first kappa shape index (κ1) is 14.9. The van der Waals surface area contributed by atoms with Gasteiger partial charge in [-0.05, 0) is 50.1 Å². The summed E-state index contributed by atoms with van der Waals surface area (Å²) in [5.41, 5.74) is 0.722. The first-order valence-electron chi connectivity index (χ1n) is 7.39. The summed E-state index contributed by atoms with van der Waals surface area (Å²) < 4.78 is 2.26. The van der Waals surface area contributed by atoms with Crippen LogP contribution in [-0.2, 0) is 6.54 Å². The number of hydrogen-bond donors (Lipinski definition) is 1. The summed E-state index contributed by atoms with van der Waals surface area (Å²) >= 11 is 0. The maximum atomic E-state index is 9.73. The molecule has 20 heavy (non-hydrogen) atoms. The number of hydrogen-bond acceptors (Lipinski definition) is 1. The molecule has 0 amide bonds. The molecular weight excluding hydrogens is 246 g/mol. The molecular formula is C18H25NO. The largest absolute Gasteiger partial charge is 0.390 e. The molecule has 0 aliphatic rings. The van der Waals surface area contributed by atoms with Crippen molar-refractivity contribution in [2.75, 3.05) is 0 Å². The molecule has 1 aromatic heterocycles. The molecule has 0 fully saturated rings. The Kier molecular flexibility index (Phi) is 4.66. The van der Waals surface area contributed by atoms with Crippen molar-refractivity contribution in [3.8, 4) is 0 Å². The van der Waals surface area contributed by atoms with E-state index in [1.54, 1.807) is 0 Å². The van der Waals surface area contributed by atoms with Gasteiger partial charge in [0.05, 0.1) is 5.60 Å². The van der Waals surface area contributed by atoms with Crippen molar-refractivity contribution in [1.82, 2.24) is 4.57 Å². The zero-order valence-electron chi connectivity index (χ0n) is 12.7. The van der Waals surface area contributed by atoms with Crippen LogP contribution in [0.1, 0.15) is 33.6 Å². The normalized spacial score (nSPS) is 14.2. The van der Waals surface area contributed by atoms with Crippen LogP contribution in [0, 0.1) is 5.92 Å². The number of aromatic nitrogens is 1. The first-order valence-corrected chi connectivity index (χ1v) is 7.39. The van der Waals surface area contributed by atoms with Crippen molar-refractivity contribution >= 4 is 10.9 Å². The number of nitrogens with zero attached hydrogens (tertiary/aromatic N) is 1. The Morgan fingerprint density at radius 3 is 2.75 bits per heavy atom. The lowest BCUT2D eigenvalue weighted by Gasteiger charge is -2.18. The van der Waals surface area contributed by atoms with E-state index in [1.807, 2.05) is 13.8 Å². The fourth-order valence-corrected chi connectivity index (χ4v) is 2.38. The highest BCUT2D eigenvalue weighted by Crippen LogP contribution is 2.17. The highest BCUT2D eigenvalue weighted by molar-refractivity contribution is 5.79. The van der Waals surface area contributed by atoms with Crippen LogP contribution < -0.4 is 0 Å². The molecule has 0 saturated heterocycles. The molecule has 1 aromatic carbocycles. The predicted octanol–water partition coefficient (Wildman–Crippen LogP) is 4.38. The predicted molar refractivity (Wildman–Crippen MR) is 85.8 cm³/mol. The Hall–Kier alpha value is -1.54. The van der Waals surface area contributed by atoms with Gasteiger partial charge in [0.15, 0.2) is 0 Å². The molecule has 0 aliphatic heterocycles. The third kappa shape index (κ3) is 4.24. The fraction of sp³-hybridized carbons (Fsp3) is 0.444. The van der Waals surface area contributed by atoms with Gasteiger partial charge in [-0.1, -0.05) is 37.3 Å². The lowest BCUT2D eigenvalue weighted by atomic mass is 9.96. The second-order valence-corrected chi connectivity index (χ2v) is 6.28. The van der Waals surface area contributed by atoms with E-state index in [1.165, 1.54) is 10.9 Å². The van der Waals surface area contributed by atoms with Gasteiger partial charge < -0.3 is 9.67 Å². The van der Waals surface area contributed by atoms with Gasteiger partial charge in [0, 0.05) is 18.3 Å². The number of allylic oxidation sites excluding steroid dienone is 2. The Bertz CT molecular complexity index is 574. The Balaban J connectivity index is 1.90. The zero-order valence-corrected chi connectivity index (χ0v) is 12.7. The SMILES string of the molecule is C[C@H](/C=C/Cn1ccc2ccccc21)CCC(C)(C)O. The number of fused-ring (bicyclic) bond motifs is 1. The van der Waals surface area contributed by atoms with Crippen molar-refractivity contribution in [3.05, 3.63) is 48.7 Å². The summed E-state index contributed by atoms with van der Waals surface area (Å²) in [6, 6.07) is 10.6. The molecule has 0 saturated carbocycles. The molecule has 1 N–H and O–H groups in total. The van der Waals surface area contributed by atoms with E-state index in [2.05, 4.69) is 60.2 Å². The van der Waals surface area contributed by atoms with Crippen LogP contribution >= 0.6 is 0 Å². The average Bonchev–Trinajstić information content (AvgIpc) is 2.79. The van der Waals surface area contributed by atoms with Crippen molar-refractivity contribution in [1.29, 1.82) is 0 Å². The maximum Gasteiger partial charge on any atom is 0.0592 e. The standard InChI is InChI=1S/C18H25NO/c1-15(10-12-18(2,3)20)7-6-13-19-14-11-16-8-4-5-9-17(16)19/h4-9,11,14-15,20H,10,12-13H2,1-3H3/b7-6+/t15-/m1/s1. The molecule has 2 aromatic rings. The van der Waals surface area contributed by atoms with Crippen LogP contribution in [0.25, 0.3) is 10.9 Å². The van der Waals surface area contributed by atoms with Crippen molar-refractivity contribution < 1.29 is 5.11 Å². The van der Waals surface area contributed by atoms with Gasteiger partial charge in [0.1, 0.15) is 0 Å². The molecule has 0 bridgehead atoms. The zero-order chi connectivity index (χ0) is 14.6. The van der Waals surface area contributed by atoms with E-state index in [0.29, 0.717) is 5.92 Å². The summed E-state index contributed by atoms with van der Waals surface area (Å²) in [7, 11) is 0. The van der Waals surface area contributed by atoms with Crippen LogP contribution in [-0.4, -0.2) is 15.3 Å². The van der Waals surface area contributed by atoms with Gasteiger partial charge in [0.25, 0.3) is 0 Å². The Morgan fingerprint density at radius 2 is 2.00 bits per heavy atom. The summed E-state index contributed by atoms with van der Waals surface area (Å²) in [5, 5.41) is 11.0. The average molecular weight is 271 g/mol. The third-order valence-corrected chi connectivity index (χ3v) is 3.66. The van der Waals surface area contributed by atoms with E-state index in [9.17, 15) is 5.11 Å². The molecule has 2 nitrogen and oxygen atoms in total. The minimum Gasteiger partial charge on any atom is -0.390 e. The minimum absolute atomic E-state index is 0.503. The summed E-state index contributed by atoms with van der Waals surface area (Å²) in [6.45, 7) is 6.85. The van der Waals surface area contributed by atoms with Crippen LogP contribution in [0.2, 0.25) is 0 Å². The number of benzene rings is 1. The summed E-state index contributed by atoms with van der Waals surface area (Å²) in [4.78, 5) is 0. The fourth-order valence-electron chi connectivity index (χ4n) is 2.38. The quantitative estimate of drug-likeness (QED) is 0.775. The van der Waals surface area contributed by atoms with E-state index in [4.69, 9.17) is 0 Å². The number of rotatable bonds is 6. The number of para-hydroxylation sites is 1. The van der Waals surface area contributed by atoms with E-state index in [-0.39, 0.29) is 0 Å². The molecule has 1 heterocycles. The van der Waals surface area contributed by atoms with Gasteiger partial charge in [0.2, 0.25) is 0 Å². The Morgan fingerprint density at radius 1 is 1.25 bits per heavy atom. The molecule has 2 heteroatoms. The van der Waals surface area contributed by atoms with Crippen LogP contribution in [0.15, 0.2) is 48.7 Å². The molecule has 0 radical (unpaired) electrons. The van der Waals surface area contributed by atoms with E-state index < -0.39 is 5.60 Å². The van der Waals surface area contributed by atoms with Crippen molar-refractivity contribution in [2.24, 2.45) is 5.92 Å². The smallest absolute Gasteiger partial charge is 0.0592 e. The van der Waals surface area contributed by atoms with Gasteiger partial charge >= 0.3 is 0 Å². The third-order valence-electron chi connectivity index (χ3n) is 3.66. The second kappa shape index (κ2) is 6.27. The summed E-state index contributed by atoms with van der Waals surface area (Å²) in [5.74, 6) is 0.503. The summed E-state index contributed by atoms with van der Waals surface area (Å²) in [6.07, 6.45) is 8.47. The molecule has 0 unspecified atom stereocenters. The molecule has 108 valence electrons. The molecule has 0 aliphatic carbocycles. The monoisotopic (exact) mass is 271 g/mol. The van der Waals surface area contributed by atoms with Gasteiger partial charge in [-0.3, -0.25) is 0 Å². The van der Waals surface area contributed by atoms with Crippen LogP contribution in [0.4, 0.5) is 0 Å². The van der Waals surface area contributed by atoms with Crippen molar-refractivity contribution in [3.63, 3.8) is 0 Å². The van der Waals surface area contributed by atoms with Crippen molar-refractivity contribution in [2.45, 2.75) is 45.8 Å². The van der Waals surface area contributed by atoms with Gasteiger partial charge in [-0.2, -0.15) is 0 Å². The first-order chi connectivity index (χ1) is 9.46. The topological polar surface area (TPSA) is 25.2 Å². The van der Waals surface area contributed by atoms with Gasteiger partial charge in [-0.25, -0.2) is 0 Å². The molecule has 0 spiro atoms. The van der Waals surface area contributed by atoms with E-state index in [0.717, 1.165) is 19.4 Å². The van der Waals surface area contributed by atoms with Gasteiger partial charge in [-0.15, -0.1) is 0 Å². The van der Waals surface area contributed by atoms with Crippen LogP contribution in [0.5, 0.6) is 0 Å². The Labute approximate surface area is 121 Å². The number of aliphatic hydroxyl groups is 1. The van der Waals surface area contributed by atoms with E-state index >= 15 is 0 Å². The molecule has 1 atom stereocenters. The highest BCUT2D eigenvalue weighted by atomic mass is 16.3. The van der Waals surface area contributed by atoms with Crippen LogP contribution in [0.3, 0.4) is 0 Å². The molecule has 2 rings (SSSR count). The maximum absolute atomic E-state index is 9.73. The lowest BCUT2D eigenvalue weighted by molar-refractivity contribution is 0.0661. The lowest BCUT2D eigenvalue weighted by Crippen LogP contribution is -2.18. The minimum atomic E-state index is -0.557. The second-order valence-electron chi connectivity index (χ2n) is 6.28.